The van der Waals surface area contributed by atoms with Gasteiger partial charge in [0.05, 0.1) is 12.2 Å². The molecule has 0 radical (unpaired) electrons. The summed E-state index contributed by atoms with van der Waals surface area (Å²) >= 11 is 0. The minimum Gasteiger partial charge on any atom is -0.550 e. The van der Waals surface area contributed by atoms with Crippen LogP contribution in [-0.2, 0) is 9.53 Å². The zero-order valence-electron chi connectivity index (χ0n) is 10.1. The van der Waals surface area contributed by atoms with E-state index in [9.17, 15) is 9.90 Å². The van der Waals surface area contributed by atoms with Crippen LogP contribution in [0.1, 0.15) is 32.1 Å². The number of hydrogen-bond acceptors (Lipinski definition) is 4. The number of likely N-dealkylation sites (tertiary alicyclic amines) is 1. The molecule has 0 N–H and O–H groups in total. The molecule has 2 bridgehead atoms. The molecular weight excluding hydrogens is 218 g/mol. The zero-order valence-corrected chi connectivity index (χ0v) is 10.1. The van der Waals surface area contributed by atoms with Crippen LogP contribution in [-0.4, -0.2) is 42.7 Å². The molecule has 4 nitrogen and oxygen atoms in total. The number of aliphatic carboxylic acids is 1. The number of carbonyl (C=O) groups is 1. The van der Waals surface area contributed by atoms with Crippen molar-refractivity contribution in [3.8, 4) is 0 Å². The monoisotopic (exact) mass is 238 g/mol. The maximum atomic E-state index is 11.2. The van der Waals surface area contributed by atoms with Crippen molar-refractivity contribution < 1.29 is 14.6 Å². The Labute approximate surface area is 102 Å². The molecule has 96 valence electrons. The second-order valence-corrected chi connectivity index (χ2v) is 5.66. The van der Waals surface area contributed by atoms with Gasteiger partial charge in [0.1, 0.15) is 0 Å². The van der Waals surface area contributed by atoms with Gasteiger partial charge in [-0.15, -0.1) is 0 Å². The number of carboxylic acid groups (broad SMARTS) is 1. The number of piperidine rings is 1. The second-order valence-electron chi connectivity index (χ2n) is 5.66. The van der Waals surface area contributed by atoms with Gasteiger partial charge in [-0.3, -0.25) is 0 Å². The summed E-state index contributed by atoms with van der Waals surface area (Å²) in [5, 5.41) is 11.2. The SMILES string of the molecule is O=C([O-])C1C(CN2CCCCC2)[C@H]2CC[C@@H]1O2. The van der Waals surface area contributed by atoms with Crippen molar-refractivity contribution >= 4 is 5.97 Å². The summed E-state index contributed by atoms with van der Waals surface area (Å²) in [6, 6.07) is 0. The van der Waals surface area contributed by atoms with E-state index in [0.29, 0.717) is 0 Å². The molecule has 3 rings (SSSR count). The number of fused-ring (bicyclic) bond motifs is 2. The highest BCUT2D eigenvalue weighted by atomic mass is 16.5. The van der Waals surface area contributed by atoms with Gasteiger partial charge in [-0.1, -0.05) is 6.42 Å². The normalized spacial score (nSPS) is 41.9. The molecule has 17 heavy (non-hydrogen) atoms. The predicted molar refractivity (Wildman–Crippen MR) is 60.2 cm³/mol. The fourth-order valence-corrected chi connectivity index (χ4v) is 3.77. The lowest BCUT2D eigenvalue weighted by Gasteiger charge is -2.35. The third-order valence-electron chi connectivity index (χ3n) is 4.61. The largest absolute Gasteiger partial charge is 0.550 e. The Balaban J connectivity index is 1.66. The van der Waals surface area contributed by atoms with E-state index in [0.717, 1.165) is 32.5 Å². The molecule has 3 aliphatic heterocycles. The Hall–Kier alpha value is -0.610. The summed E-state index contributed by atoms with van der Waals surface area (Å²) in [7, 11) is 0. The first-order valence-corrected chi connectivity index (χ1v) is 6.84. The molecule has 3 aliphatic rings. The standard InChI is InChI=1S/C13H21NO3/c15-13(16)12-9(10-4-5-11(12)17-10)8-14-6-2-1-3-7-14/h9-12H,1-8H2,(H,15,16)/p-1/t9?,10-,11+,12?/m1/s1. The molecular formula is C13H20NO3-. The highest BCUT2D eigenvalue weighted by Crippen LogP contribution is 2.43. The van der Waals surface area contributed by atoms with E-state index < -0.39 is 5.97 Å². The Morgan fingerprint density at radius 1 is 1.18 bits per heavy atom. The van der Waals surface area contributed by atoms with Gasteiger partial charge in [0, 0.05) is 24.3 Å². The van der Waals surface area contributed by atoms with Crippen molar-refractivity contribution in [2.75, 3.05) is 19.6 Å². The maximum Gasteiger partial charge on any atom is 0.0664 e. The smallest absolute Gasteiger partial charge is 0.0664 e. The Kier molecular flexibility index (Phi) is 3.09. The van der Waals surface area contributed by atoms with Crippen LogP contribution in [0.4, 0.5) is 0 Å². The van der Waals surface area contributed by atoms with E-state index in [1.807, 2.05) is 0 Å². The molecule has 0 aliphatic carbocycles. The van der Waals surface area contributed by atoms with Crippen molar-refractivity contribution in [3.05, 3.63) is 0 Å². The average Bonchev–Trinajstić information content (AvgIpc) is 2.90. The summed E-state index contributed by atoms with van der Waals surface area (Å²) in [5.41, 5.74) is 0. The minimum absolute atomic E-state index is 0.0696. The fourth-order valence-electron chi connectivity index (χ4n) is 3.77. The molecule has 0 aromatic carbocycles. The fraction of sp³-hybridized carbons (Fsp3) is 0.923. The van der Waals surface area contributed by atoms with Crippen LogP contribution < -0.4 is 5.11 Å². The first-order valence-electron chi connectivity index (χ1n) is 6.84. The topological polar surface area (TPSA) is 52.6 Å². The molecule has 3 saturated heterocycles. The van der Waals surface area contributed by atoms with Crippen LogP contribution in [0.2, 0.25) is 0 Å². The van der Waals surface area contributed by atoms with Gasteiger partial charge < -0.3 is 19.5 Å². The molecule has 2 unspecified atom stereocenters. The van der Waals surface area contributed by atoms with Crippen LogP contribution in [0, 0.1) is 11.8 Å². The summed E-state index contributed by atoms with van der Waals surface area (Å²) in [5.74, 6) is -1.10. The third-order valence-corrected chi connectivity index (χ3v) is 4.61. The summed E-state index contributed by atoms with van der Waals surface area (Å²) in [4.78, 5) is 13.6. The number of carboxylic acids is 1. The second kappa shape index (κ2) is 4.58. The van der Waals surface area contributed by atoms with Gasteiger partial charge in [0.2, 0.25) is 0 Å². The number of hydrogen-bond donors (Lipinski definition) is 0. The first-order chi connectivity index (χ1) is 8.25. The highest BCUT2D eigenvalue weighted by Gasteiger charge is 2.49. The Bertz CT molecular complexity index is 301. The van der Waals surface area contributed by atoms with Crippen LogP contribution in [0.5, 0.6) is 0 Å². The molecule has 0 aromatic heterocycles. The zero-order chi connectivity index (χ0) is 11.8. The molecule has 0 aromatic rings. The molecule has 4 atom stereocenters. The number of ether oxygens (including phenoxy) is 1. The minimum atomic E-state index is -0.904. The van der Waals surface area contributed by atoms with Crippen molar-refractivity contribution in [3.63, 3.8) is 0 Å². The molecule has 0 amide bonds. The first kappa shape index (κ1) is 11.5. The van der Waals surface area contributed by atoms with Crippen molar-refractivity contribution in [1.82, 2.24) is 4.90 Å². The van der Waals surface area contributed by atoms with Crippen molar-refractivity contribution in [2.24, 2.45) is 11.8 Å². The molecule has 0 saturated carbocycles. The number of nitrogens with zero attached hydrogens (tertiary/aromatic N) is 1. The van der Waals surface area contributed by atoms with Gasteiger partial charge in [0.15, 0.2) is 0 Å². The molecule has 4 heteroatoms. The number of rotatable bonds is 3. The van der Waals surface area contributed by atoms with E-state index in [1.54, 1.807) is 0 Å². The van der Waals surface area contributed by atoms with E-state index >= 15 is 0 Å². The molecule has 0 spiro atoms. The van der Waals surface area contributed by atoms with Crippen molar-refractivity contribution in [2.45, 2.75) is 44.3 Å². The van der Waals surface area contributed by atoms with E-state index in [1.165, 1.54) is 19.3 Å². The van der Waals surface area contributed by atoms with Crippen LogP contribution in [0.15, 0.2) is 0 Å². The summed E-state index contributed by atoms with van der Waals surface area (Å²) in [6.45, 7) is 3.13. The van der Waals surface area contributed by atoms with Crippen LogP contribution in [0.25, 0.3) is 0 Å². The highest BCUT2D eigenvalue weighted by molar-refractivity contribution is 5.69. The van der Waals surface area contributed by atoms with Gasteiger partial charge in [0.25, 0.3) is 0 Å². The van der Waals surface area contributed by atoms with Crippen molar-refractivity contribution in [1.29, 1.82) is 0 Å². The van der Waals surface area contributed by atoms with E-state index in [4.69, 9.17) is 4.74 Å². The average molecular weight is 238 g/mol. The lowest BCUT2D eigenvalue weighted by molar-refractivity contribution is -0.314. The van der Waals surface area contributed by atoms with Gasteiger partial charge in [-0.05, 0) is 38.8 Å². The Morgan fingerprint density at radius 2 is 1.88 bits per heavy atom. The lowest BCUT2D eigenvalue weighted by atomic mass is 9.79. The van der Waals surface area contributed by atoms with E-state index in [-0.39, 0.29) is 24.0 Å². The number of carbonyl (C=O) groups excluding carboxylic acids is 1. The van der Waals surface area contributed by atoms with Gasteiger partial charge in [-0.2, -0.15) is 0 Å². The molecule has 3 fully saturated rings. The molecule has 3 heterocycles. The Morgan fingerprint density at radius 3 is 2.59 bits per heavy atom. The lowest BCUT2D eigenvalue weighted by Crippen LogP contribution is -2.47. The predicted octanol–water partition coefficient (Wildman–Crippen LogP) is 0.0158. The quantitative estimate of drug-likeness (QED) is 0.695. The van der Waals surface area contributed by atoms with Gasteiger partial charge >= 0.3 is 0 Å². The van der Waals surface area contributed by atoms with Gasteiger partial charge in [-0.25, -0.2) is 0 Å². The third kappa shape index (κ3) is 2.08. The van der Waals surface area contributed by atoms with Crippen LogP contribution in [0.3, 0.4) is 0 Å². The maximum absolute atomic E-state index is 11.2. The summed E-state index contributed by atoms with van der Waals surface area (Å²) < 4.78 is 5.75. The summed E-state index contributed by atoms with van der Waals surface area (Å²) in [6.07, 6.45) is 5.85. The van der Waals surface area contributed by atoms with E-state index in [2.05, 4.69) is 4.90 Å². The van der Waals surface area contributed by atoms with Crippen LogP contribution >= 0.6 is 0 Å².